The Hall–Kier alpha value is -2.19. The lowest BCUT2D eigenvalue weighted by Gasteiger charge is -2.14. The molecular weight excluding hydrogens is 487 g/mol. The van der Waals surface area contributed by atoms with Crippen LogP contribution in [0.25, 0.3) is 0 Å². The van der Waals surface area contributed by atoms with Crippen LogP contribution >= 0.6 is 35.0 Å². The van der Waals surface area contributed by atoms with E-state index in [2.05, 4.69) is 10.0 Å². The van der Waals surface area contributed by atoms with Gasteiger partial charge >= 0.3 is 0 Å². The molecule has 2 N–H and O–H groups in total. The van der Waals surface area contributed by atoms with Gasteiger partial charge in [-0.2, -0.15) is 11.8 Å². The molecule has 0 aliphatic heterocycles. The van der Waals surface area contributed by atoms with Gasteiger partial charge in [-0.3, -0.25) is 9.52 Å². The van der Waals surface area contributed by atoms with Gasteiger partial charge in [0.2, 0.25) is 0 Å². The fourth-order valence-corrected chi connectivity index (χ4v) is 5.22. The number of benzene rings is 3. The van der Waals surface area contributed by atoms with Crippen molar-refractivity contribution in [2.45, 2.75) is 17.6 Å². The minimum absolute atomic E-state index is 0.160. The van der Waals surface area contributed by atoms with E-state index < -0.39 is 10.0 Å². The molecule has 0 aliphatic rings. The first kappa shape index (κ1) is 24.5. The summed E-state index contributed by atoms with van der Waals surface area (Å²) >= 11 is 13.6. The van der Waals surface area contributed by atoms with Gasteiger partial charge in [-0.05, 0) is 54.4 Å². The van der Waals surface area contributed by atoms with Crippen LogP contribution in [-0.2, 0) is 15.8 Å². The Balaban J connectivity index is 1.56. The quantitative estimate of drug-likeness (QED) is 0.360. The fraction of sp³-hybridized carbons (Fsp3) is 0.174. The Bertz CT molecular complexity index is 1200. The molecule has 0 saturated heterocycles. The number of sulfonamides is 1. The summed E-state index contributed by atoms with van der Waals surface area (Å²) < 4.78 is 27.8. The second-order valence-electron chi connectivity index (χ2n) is 6.95. The number of carbonyl (C=O) groups is 1. The smallest absolute Gasteiger partial charge is 0.261 e. The van der Waals surface area contributed by atoms with E-state index in [0.717, 1.165) is 11.3 Å². The number of hydrogen-bond donors (Lipinski definition) is 2. The average molecular weight is 509 g/mol. The summed E-state index contributed by atoms with van der Waals surface area (Å²) in [4.78, 5) is 12.8. The monoisotopic (exact) mass is 508 g/mol. The third-order valence-electron chi connectivity index (χ3n) is 4.66. The number of halogens is 2. The molecule has 3 rings (SSSR count). The van der Waals surface area contributed by atoms with Gasteiger partial charge in [0.15, 0.2) is 0 Å². The predicted octanol–water partition coefficient (Wildman–Crippen LogP) is 5.77. The summed E-state index contributed by atoms with van der Waals surface area (Å²) in [6.07, 6.45) is 0. The van der Waals surface area contributed by atoms with Crippen LogP contribution in [0.4, 0.5) is 5.69 Å². The highest BCUT2D eigenvalue weighted by Crippen LogP contribution is 2.25. The van der Waals surface area contributed by atoms with Crippen molar-refractivity contribution < 1.29 is 13.2 Å². The Morgan fingerprint density at radius 3 is 2.44 bits per heavy atom. The van der Waals surface area contributed by atoms with Gasteiger partial charge in [-0.25, -0.2) is 8.42 Å². The van der Waals surface area contributed by atoms with Crippen LogP contribution in [0.15, 0.2) is 71.6 Å². The number of amides is 1. The molecule has 32 heavy (non-hydrogen) atoms. The summed E-state index contributed by atoms with van der Waals surface area (Å²) in [6, 6.07) is 18.6. The first-order valence-electron chi connectivity index (χ1n) is 9.75. The molecule has 0 aliphatic carbocycles. The summed E-state index contributed by atoms with van der Waals surface area (Å²) in [7, 11) is -3.74. The summed E-state index contributed by atoms with van der Waals surface area (Å²) in [5.74, 6) is 1.21. The highest BCUT2D eigenvalue weighted by Gasteiger charge is 2.17. The van der Waals surface area contributed by atoms with Crippen molar-refractivity contribution in [1.82, 2.24) is 5.32 Å². The van der Waals surface area contributed by atoms with Crippen LogP contribution in [0.2, 0.25) is 10.0 Å². The molecule has 168 valence electrons. The maximum Gasteiger partial charge on any atom is 0.261 e. The molecule has 3 aromatic carbocycles. The van der Waals surface area contributed by atoms with Crippen molar-refractivity contribution in [3.63, 3.8) is 0 Å². The molecule has 0 spiro atoms. The van der Waals surface area contributed by atoms with Gasteiger partial charge in [-0.15, -0.1) is 0 Å². The standard InChI is InChI=1S/C23H22Cl2N2O3S2/c1-16-19(8-5-9-22(16)27-32(29,30)18-6-3-2-4-7-18)23(28)26-12-13-31-15-17-10-11-20(24)21(25)14-17/h2-11,14,27H,12-13,15H2,1H3,(H,26,28). The number of nitrogens with one attached hydrogen (secondary N) is 2. The maximum absolute atomic E-state index is 12.6. The highest BCUT2D eigenvalue weighted by atomic mass is 35.5. The van der Waals surface area contributed by atoms with Crippen LogP contribution in [0, 0.1) is 6.92 Å². The van der Waals surface area contributed by atoms with Crippen LogP contribution < -0.4 is 10.0 Å². The van der Waals surface area contributed by atoms with Crippen LogP contribution in [0.1, 0.15) is 21.5 Å². The van der Waals surface area contributed by atoms with Gasteiger partial charge < -0.3 is 5.32 Å². The molecule has 0 saturated carbocycles. The SMILES string of the molecule is Cc1c(NS(=O)(=O)c2ccccc2)cccc1C(=O)NCCSCc1ccc(Cl)c(Cl)c1. The topological polar surface area (TPSA) is 75.3 Å². The summed E-state index contributed by atoms with van der Waals surface area (Å²) in [6.45, 7) is 2.20. The molecule has 9 heteroatoms. The molecule has 1 amide bonds. The molecule has 0 radical (unpaired) electrons. The first-order valence-corrected chi connectivity index (χ1v) is 13.1. The molecule has 0 bridgehead atoms. The van der Waals surface area contributed by atoms with E-state index in [0.29, 0.717) is 39.2 Å². The predicted molar refractivity (Wildman–Crippen MR) is 133 cm³/mol. The molecule has 0 heterocycles. The molecule has 0 unspecified atom stereocenters. The maximum atomic E-state index is 12.6. The number of anilines is 1. The summed E-state index contributed by atoms with van der Waals surface area (Å²) in [5.41, 5.74) is 2.42. The second-order valence-corrected chi connectivity index (χ2v) is 10.6. The molecule has 0 atom stereocenters. The van der Waals surface area contributed by atoms with Crippen molar-refractivity contribution in [1.29, 1.82) is 0 Å². The van der Waals surface area contributed by atoms with E-state index in [-0.39, 0.29) is 10.8 Å². The third kappa shape index (κ3) is 6.42. The third-order valence-corrected chi connectivity index (χ3v) is 7.81. The van der Waals surface area contributed by atoms with Crippen molar-refractivity contribution in [2.24, 2.45) is 0 Å². The van der Waals surface area contributed by atoms with Crippen molar-refractivity contribution in [2.75, 3.05) is 17.0 Å². The van der Waals surface area contributed by atoms with Gasteiger partial charge in [-0.1, -0.05) is 53.5 Å². The lowest BCUT2D eigenvalue weighted by atomic mass is 10.1. The largest absolute Gasteiger partial charge is 0.351 e. The van der Waals surface area contributed by atoms with Crippen molar-refractivity contribution >= 4 is 56.6 Å². The highest BCUT2D eigenvalue weighted by molar-refractivity contribution is 7.98. The number of thioether (sulfide) groups is 1. The van der Waals surface area contributed by atoms with Crippen LogP contribution in [0.5, 0.6) is 0 Å². The Morgan fingerprint density at radius 1 is 0.969 bits per heavy atom. The van der Waals surface area contributed by atoms with E-state index in [1.807, 2.05) is 12.1 Å². The lowest BCUT2D eigenvalue weighted by molar-refractivity contribution is 0.0955. The Labute approximate surface area is 202 Å². The molecule has 0 aromatic heterocycles. The number of carbonyl (C=O) groups excluding carboxylic acids is 1. The van der Waals surface area contributed by atoms with Crippen molar-refractivity contribution in [3.05, 3.63) is 93.5 Å². The Morgan fingerprint density at radius 2 is 1.72 bits per heavy atom. The average Bonchev–Trinajstić information content (AvgIpc) is 2.77. The van der Waals surface area contributed by atoms with E-state index >= 15 is 0 Å². The van der Waals surface area contributed by atoms with Gasteiger partial charge in [0.05, 0.1) is 20.6 Å². The van der Waals surface area contributed by atoms with Crippen LogP contribution in [-0.4, -0.2) is 26.6 Å². The van der Waals surface area contributed by atoms with E-state index in [1.54, 1.807) is 61.2 Å². The molecular formula is C23H22Cl2N2O3S2. The number of hydrogen-bond acceptors (Lipinski definition) is 4. The van der Waals surface area contributed by atoms with E-state index in [1.165, 1.54) is 12.1 Å². The van der Waals surface area contributed by atoms with Gasteiger partial charge in [0.25, 0.3) is 15.9 Å². The van der Waals surface area contributed by atoms with Gasteiger partial charge in [0, 0.05) is 23.6 Å². The summed E-state index contributed by atoms with van der Waals surface area (Å²) in [5, 5.41) is 3.93. The Kier molecular flexibility index (Phi) is 8.48. The zero-order valence-electron chi connectivity index (χ0n) is 17.3. The zero-order valence-corrected chi connectivity index (χ0v) is 20.4. The van der Waals surface area contributed by atoms with Crippen molar-refractivity contribution in [3.8, 4) is 0 Å². The van der Waals surface area contributed by atoms with E-state index in [9.17, 15) is 13.2 Å². The molecule has 0 fully saturated rings. The minimum atomic E-state index is -3.74. The normalized spacial score (nSPS) is 11.2. The lowest BCUT2D eigenvalue weighted by Crippen LogP contribution is -2.27. The second kappa shape index (κ2) is 11.1. The molecule has 3 aromatic rings. The van der Waals surface area contributed by atoms with E-state index in [4.69, 9.17) is 23.2 Å². The zero-order chi connectivity index (χ0) is 23.1. The van der Waals surface area contributed by atoms with Gasteiger partial charge in [0.1, 0.15) is 0 Å². The fourth-order valence-electron chi connectivity index (χ4n) is 2.95. The minimum Gasteiger partial charge on any atom is -0.351 e. The first-order chi connectivity index (χ1) is 15.3. The number of rotatable bonds is 9. The van der Waals surface area contributed by atoms with Crippen LogP contribution in [0.3, 0.4) is 0 Å². The molecule has 5 nitrogen and oxygen atoms in total.